The second-order valence-corrected chi connectivity index (χ2v) is 22.3. The number of rotatable bonds is 27. The fourth-order valence-electron chi connectivity index (χ4n) is 11.1. The summed E-state index contributed by atoms with van der Waals surface area (Å²) < 4.78 is 71.0. The van der Waals surface area contributed by atoms with Crippen LogP contribution in [0.2, 0.25) is 0 Å². The van der Waals surface area contributed by atoms with E-state index in [2.05, 4.69) is 21.3 Å². The molecule has 6 aliphatic heterocycles. The van der Waals surface area contributed by atoms with Crippen LogP contribution in [-0.2, 0) is 76.0 Å². The Morgan fingerprint density at radius 2 is 0.778 bits per heavy atom. The van der Waals surface area contributed by atoms with Crippen molar-refractivity contribution in [3.8, 4) is 0 Å². The number of carbonyl (C=O) groups excluding carboxylic acids is 4. The standard InChI is InChI=1S/C50H86N4O36/c1-13(62)51-17(5-55)28(67)40(18(66)6-56)86-47-27(54-16(4)65)35(74)41(22(10-60)83-47)88-49-39(78)43(32(71)24(85-49)12-79-48-37(76)36(75)31(70)21(9-59)82-48)89-50-44(90-46-26(53-15(3)64)34(73)30(69)20(8-58)81-46)38(77)42(23(11-61)84-50)87-45-25(52-14(2)63)33(72)29(68)19(7-57)80-45/h17-50,55-61,66-78H,5-12H2,1-4H3,(H,51,62)(H,52,63)(H,53,64)(H,54,65)/t17-,18+,19+,20+,21+,22+,23+,24+,25+,26+,27+,28+,29+,30+,31+,32+,33+,34+,35+,36-,37-,38-,39-,40+,41+,42+,43-,44-,45-,46-,47-,48-,49-,50+/m0/s1. The van der Waals surface area contributed by atoms with Gasteiger partial charge in [0.15, 0.2) is 37.7 Å². The normalized spacial score (nSPS) is 43.9. The molecular weight excluding hydrogens is 1230 g/mol. The Hall–Kier alpha value is -3.40. The highest BCUT2D eigenvalue weighted by Gasteiger charge is 2.59. The van der Waals surface area contributed by atoms with Crippen LogP contribution >= 0.6 is 0 Å². The van der Waals surface area contributed by atoms with Crippen LogP contribution in [0.15, 0.2) is 0 Å². The molecular formula is C50H86N4O36. The SMILES string of the molecule is CC(=O)N[C@H]1[C@H](O[C@@H]([C@H](O)[C@H](CO)NC(C)=O)[C@H](O)CO)O[C@H](CO)[C@@H](O[C@@H]2O[C@H](CO[C@H]3O[C@H](CO)[C@@H](O)[C@H](O)[C@@H]3O)[C@@H](O)[C@H](O[C@H]3O[C@H](CO)[C@@H](O[C@@H]4O[C@H](CO)[C@@H](O)[C@H](O)[C@H]4NC(C)=O)[C@H](O)[C@@H]3O[C@@H]3O[C@H](CO)[C@@H](O)[C@H](O)[C@H]3NC(C)=O)[C@@H]2O)[C@@H]1O. The number of carbonyl (C=O) groups is 4. The molecule has 0 unspecified atom stereocenters. The van der Waals surface area contributed by atoms with Crippen LogP contribution in [0.4, 0.5) is 0 Å². The third kappa shape index (κ3) is 17.5. The minimum absolute atomic E-state index is 0.775. The van der Waals surface area contributed by atoms with Crippen LogP contribution in [0.3, 0.4) is 0 Å². The number of hydrogen-bond acceptors (Lipinski definition) is 36. The molecule has 522 valence electrons. The molecule has 40 heteroatoms. The molecule has 40 nitrogen and oxygen atoms in total. The first-order valence-electron chi connectivity index (χ1n) is 28.5. The molecule has 6 heterocycles. The van der Waals surface area contributed by atoms with Crippen molar-refractivity contribution in [1.82, 2.24) is 21.3 Å². The van der Waals surface area contributed by atoms with Crippen molar-refractivity contribution in [2.24, 2.45) is 0 Å². The first-order chi connectivity index (χ1) is 42.5. The monoisotopic (exact) mass is 1320 g/mol. The summed E-state index contributed by atoms with van der Waals surface area (Å²) in [5, 5.41) is 228. The molecule has 6 aliphatic rings. The Morgan fingerprint density at radius 1 is 0.378 bits per heavy atom. The molecule has 6 rings (SSSR count). The predicted molar refractivity (Wildman–Crippen MR) is 280 cm³/mol. The number of amides is 4. The van der Waals surface area contributed by atoms with Crippen molar-refractivity contribution < 1.29 is 178 Å². The van der Waals surface area contributed by atoms with Gasteiger partial charge in [-0.25, -0.2) is 0 Å². The summed E-state index contributed by atoms with van der Waals surface area (Å²) in [6, 6.07) is -7.02. The molecule has 0 spiro atoms. The Morgan fingerprint density at radius 3 is 1.23 bits per heavy atom. The van der Waals surface area contributed by atoms with Gasteiger partial charge in [0.2, 0.25) is 23.6 Å². The van der Waals surface area contributed by atoms with Gasteiger partial charge in [-0.3, -0.25) is 19.2 Å². The summed E-state index contributed by atoms with van der Waals surface area (Å²) in [6.07, 6.45) is -61.6. The summed E-state index contributed by atoms with van der Waals surface area (Å²) in [6.45, 7) is -4.49. The minimum atomic E-state index is -2.49. The molecule has 0 aromatic carbocycles. The lowest BCUT2D eigenvalue weighted by Crippen LogP contribution is -2.71. The number of nitrogens with one attached hydrogen (secondary N) is 4. The van der Waals surface area contributed by atoms with E-state index in [0.717, 1.165) is 27.7 Å². The average molecular weight is 1320 g/mol. The summed E-state index contributed by atoms with van der Waals surface area (Å²) in [7, 11) is 0. The maximum absolute atomic E-state index is 12.8. The maximum Gasteiger partial charge on any atom is 0.217 e. The lowest BCUT2D eigenvalue weighted by Gasteiger charge is -2.51. The van der Waals surface area contributed by atoms with Gasteiger partial charge in [-0.15, -0.1) is 0 Å². The van der Waals surface area contributed by atoms with E-state index < -0.39 is 285 Å². The van der Waals surface area contributed by atoms with Gasteiger partial charge in [0.05, 0.1) is 58.9 Å². The van der Waals surface area contributed by atoms with Crippen molar-refractivity contribution in [2.75, 3.05) is 52.9 Å². The second-order valence-electron chi connectivity index (χ2n) is 22.3. The van der Waals surface area contributed by atoms with E-state index >= 15 is 0 Å². The highest BCUT2D eigenvalue weighted by molar-refractivity contribution is 5.74. The van der Waals surface area contributed by atoms with E-state index in [1.165, 1.54) is 0 Å². The van der Waals surface area contributed by atoms with Gasteiger partial charge in [0.1, 0.15) is 165 Å². The lowest BCUT2D eigenvalue weighted by atomic mass is 9.94. The van der Waals surface area contributed by atoms with Gasteiger partial charge in [-0.1, -0.05) is 0 Å². The molecule has 6 saturated heterocycles. The Kier molecular flexibility index (Phi) is 28.4. The largest absolute Gasteiger partial charge is 0.394 e. The zero-order chi connectivity index (χ0) is 66.9. The van der Waals surface area contributed by atoms with E-state index in [1.54, 1.807) is 0 Å². The second kappa shape index (κ2) is 33.8. The van der Waals surface area contributed by atoms with Crippen molar-refractivity contribution in [3.63, 3.8) is 0 Å². The summed E-state index contributed by atoms with van der Waals surface area (Å²) >= 11 is 0. The first kappa shape index (κ1) is 75.6. The quantitative estimate of drug-likeness (QED) is 0.0363. The summed E-state index contributed by atoms with van der Waals surface area (Å²) in [4.78, 5) is 49.6. The Labute approximate surface area is 511 Å². The van der Waals surface area contributed by atoms with Gasteiger partial charge in [-0.2, -0.15) is 0 Å². The maximum atomic E-state index is 12.8. The highest BCUT2D eigenvalue weighted by Crippen LogP contribution is 2.38. The van der Waals surface area contributed by atoms with Crippen molar-refractivity contribution in [1.29, 1.82) is 0 Å². The van der Waals surface area contributed by atoms with Crippen LogP contribution in [0.25, 0.3) is 0 Å². The third-order valence-electron chi connectivity index (χ3n) is 15.8. The first-order valence-corrected chi connectivity index (χ1v) is 28.5. The van der Waals surface area contributed by atoms with Gasteiger partial charge >= 0.3 is 0 Å². The van der Waals surface area contributed by atoms with Crippen LogP contribution in [-0.4, -0.2) is 387 Å². The molecule has 34 atom stereocenters. The van der Waals surface area contributed by atoms with E-state index in [-0.39, 0.29) is 0 Å². The van der Waals surface area contributed by atoms with Crippen LogP contribution < -0.4 is 21.3 Å². The van der Waals surface area contributed by atoms with Crippen LogP contribution in [0.1, 0.15) is 27.7 Å². The number of hydrogen-bond donors (Lipinski definition) is 24. The number of aliphatic hydroxyl groups is 20. The third-order valence-corrected chi connectivity index (χ3v) is 15.8. The fourth-order valence-corrected chi connectivity index (χ4v) is 11.1. The molecule has 24 N–H and O–H groups in total. The van der Waals surface area contributed by atoms with E-state index in [4.69, 9.17) is 56.8 Å². The molecule has 4 amide bonds. The molecule has 0 aromatic heterocycles. The van der Waals surface area contributed by atoms with Gasteiger partial charge in [0.25, 0.3) is 0 Å². The topological polar surface area (TPSA) is 632 Å². The van der Waals surface area contributed by atoms with E-state index in [0.29, 0.717) is 0 Å². The lowest BCUT2D eigenvalue weighted by molar-refractivity contribution is -0.401. The molecule has 0 radical (unpaired) electrons. The summed E-state index contributed by atoms with van der Waals surface area (Å²) in [5.74, 6) is -3.41. The van der Waals surface area contributed by atoms with Gasteiger partial charge < -0.3 is 180 Å². The zero-order valence-electron chi connectivity index (χ0n) is 48.8. The molecule has 0 bridgehead atoms. The fraction of sp³-hybridized carbons (Fsp3) is 0.920. The van der Waals surface area contributed by atoms with Gasteiger partial charge in [0, 0.05) is 27.7 Å². The molecule has 6 fully saturated rings. The van der Waals surface area contributed by atoms with E-state index in [9.17, 15) is 121 Å². The molecule has 0 aromatic rings. The van der Waals surface area contributed by atoms with Crippen LogP contribution in [0, 0.1) is 0 Å². The van der Waals surface area contributed by atoms with Crippen molar-refractivity contribution >= 4 is 23.6 Å². The van der Waals surface area contributed by atoms with Gasteiger partial charge in [-0.05, 0) is 0 Å². The number of aliphatic hydroxyl groups excluding tert-OH is 20. The number of ether oxygens (including phenoxy) is 12. The average Bonchev–Trinajstić information content (AvgIpc) is 0.792. The van der Waals surface area contributed by atoms with Crippen molar-refractivity contribution in [2.45, 2.75) is 236 Å². The Balaban J connectivity index is 1.41. The zero-order valence-corrected chi connectivity index (χ0v) is 48.8. The molecule has 0 saturated carbocycles. The predicted octanol–water partition coefficient (Wildman–Crippen LogP) is -16.1. The highest BCUT2D eigenvalue weighted by atomic mass is 16.8. The minimum Gasteiger partial charge on any atom is -0.394 e. The van der Waals surface area contributed by atoms with E-state index in [1.807, 2.05) is 0 Å². The molecule has 0 aliphatic carbocycles. The van der Waals surface area contributed by atoms with Crippen molar-refractivity contribution in [3.05, 3.63) is 0 Å². The Bertz CT molecular complexity index is 2260. The van der Waals surface area contributed by atoms with Crippen LogP contribution in [0.5, 0.6) is 0 Å². The summed E-state index contributed by atoms with van der Waals surface area (Å²) in [5.41, 5.74) is 0. The smallest absolute Gasteiger partial charge is 0.217 e. The molecule has 90 heavy (non-hydrogen) atoms.